The molecule has 3 nitrogen and oxygen atoms in total. The molecule has 0 spiro atoms. The fourth-order valence-electron chi connectivity index (χ4n) is 3.09. The van der Waals surface area contributed by atoms with Crippen LogP contribution in [0.5, 0.6) is 0 Å². The average molecular weight is 321 g/mol. The molecule has 3 aromatic rings. The third-order valence-electron chi connectivity index (χ3n) is 4.30. The minimum Gasteiger partial charge on any atom is -0.461 e. The molecule has 3 heteroatoms. The second-order valence-corrected chi connectivity index (χ2v) is 6.24. The van der Waals surface area contributed by atoms with Gasteiger partial charge in [-0.25, -0.2) is 0 Å². The summed E-state index contributed by atoms with van der Waals surface area (Å²) in [5, 5.41) is 4.22. The molecule has 2 atom stereocenters. The van der Waals surface area contributed by atoms with E-state index in [1.165, 1.54) is 0 Å². The van der Waals surface area contributed by atoms with Gasteiger partial charge in [0.25, 0.3) is 0 Å². The number of hydrogen-bond acceptors (Lipinski definition) is 2. The van der Waals surface area contributed by atoms with Crippen LogP contribution in [0.2, 0.25) is 0 Å². The first kappa shape index (κ1) is 16.3. The highest BCUT2D eigenvalue weighted by Gasteiger charge is 2.20. The van der Waals surface area contributed by atoms with E-state index < -0.39 is 0 Å². The summed E-state index contributed by atoms with van der Waals surface area (Å²) in [6, 6.07) is 20.0. The molecule has 124 valence electrons. The Kier molecular flexibility index (Phi) is 4.99. The third-order valence-corrected chi connectivity index (χ3v) is 4.30. The van der Waals surface area contributed by atoms with Crippen LogP contribution in [0.3, 0.4) is 0 Å². The molecule has 1 aromatic heterocycles. The first-order valence-electron chi connectivity index (χ1n) is 8.50. The van der Waals surface area contributed by atoms with E-state index in [0.29, 0.717) is 6.42 Å². The molecule has 0 unspecified atom stereocenters. The van der Waals surface area contributed by atoms with E-state index in [-0.39, 0.29) is 17.9 Å². The van der Waals surface area contributed by atoms with Gasteiger partial charge in [0.2, 0.25) is 5.91 Å². The van der Waals surface area contributed by atoms with Crippen LogP contribution in [0.15, 0.2) is 65.1 Å². The van der Waals surface area contributed by atoms with E-state index in [1.807, 2.05) is 74.5 Å². The minimum atomic E-state index is -0.107. The molecule has 0 aliphatic rings. The highest BCUT2D eigenvalue weighted by Crippen LogP contribution is 2.21. The van der Waals surface area contributed by atoms with Crippen molar-refractivity contribution in [3.05, 3.63) is 72.0 Å². The smallest absolute Gasteiger partial charge is 0.227 e. The molecule has 3 rings (SSSR count). The van der Waals surface area contributed by atoms with Crippen molar-refractivity contribution in [3.63, 3.8) is 0 Å². The van der Waals surface area contributed by atoms with E-state index in [2.05, 4.69) is 5.32 Å². The molecule has 0 aliphatic carbocycles. The summed E-state index contributed by atoms with van der Waals surface area (Å²) < 4.78 is 5.84. The largest absolute Gasteiger partial charge is 0.461 e. The van der Waals surface area contributed by atoms with E-state index in [0.717, 1.165) is 28.7 Å². The molecular formula is C21H23NO2. The van der Waals surface area contributed by atoms with Crippen molar-refractivity contribution in [1.82, 2.24) is 5.32 Å². The van der Waals surface area contributed by atoms with Gasteiger partial charge in [0.15, 0.2) is 0 Å². The highest BCUT2D eigenvalue weighted by atomic mass is 16.3. The molecule has 0 saturated carbocycles. The zero-order valence-electron chi connectivity index (χ0n) is 14.2. The number of nitrogens with one attached hydrogen (secondary N) is 1. The maximum atomic E-state index is 12.6. The molecular weight excluding hydrogens is 298 g/mol. The predicted octanol–water partition coefficient (Wildman–Crippen LogP) is 4.67. The van der Waals surface area contributed by atoms with Gasteiger partial charge in [-0.15, -0.1) is 0 Å². The number of amides is 1. The number of benzene rings is 2. The fraction of sp³-hybridized carbons (Fsp3) is 0.286. The quantitative estimate of drug-likeness (QED) is 0.716. The molecule has 1 N–H and O–H groups in total. The van der Waals surface area contributed by atoms with Crippen LogP contribution >= 0.6 is 0 Å². The number of carbonyl (C=O) groups is 1. The van der Waals surface area contributed by atoms with Gasteiger partial charge < -0.3 is 9.73 Å². The lowest BCUT2D eigenvalue weighted by Crippen LogP contribution is -2.37. The van der Waals surface area contributed by atoms with Crippen LogP contribution in [-0.4, -0.2) is 11.9 Å². The van der Waals surface area contributed by atoms with Gasteiger partial charge in [-0.2, -0.15) is 0 Å². The summed E-state index contributed by atoms with van der Waals surface area (Å²) in [6.07, 6.45) is 1.47. The van der Waals surface area contributed by atoms with Crippen molar-refractivity contribution < 1.29 is 9.21 Å². The Labute approximate surface area is 142 Å². The Balaban J connectivity index is 1.65. The van der Waals surface area contributed by atoms with Crippen LogP contribution in [0.4, 0.5) is 0 Å². The molecule has 0 bridgehead atoms. The standard InChI is InChI=1S/C21H23NO2/c1-3-19(16-9-5-4-6-10-16)21(23)22-15(2)13-18-14-17-11-7-8-12-20(17)24-18/h4-12,14-15,19H,3,13H2,1-2H3,(H,22,23)/t15-,19-/m0/s1. The lowest BCUT2D eigenvalue weighted by molar-refractivity contribution is -0.123. The van der Waals surface area contributed by atoms with Crippen molar-refractivity contribution in [3.8, 4) is 0 Å². The number of hydrogen-bond donors (Lipinski definition) is 1. The van der Waals surface area contributed by atoms with Crippen LogP contribution < -0.4 is 5.32 Å². The maximum Gasteiger partial charge on any atom is 0.227 e. The summed E-state index contributed by atoms with van der Waals surface area (Å²) in [5.74, 6) is 0.869. The van der Waals surface area contributed by atoms with Crippen molar-refractivity contribution >= 4 is 16.9 Å². The molecule has 0 saturated heterocycles. The van der Waals surface area contributed by atoms with Crippen molar-refractivity contribution in [2.45, 2.75) is 38.6 Å². The number of furan rings is 1. The van der Waals surface area contributed by atoms with Gasteiger partial charge in [-0.3, -0.25) is 4.79 Å². The lowest BCUT2D eigenvalue weighted by Gasteiger charge is -2.19. The van der Waals surface area contributed by atoms with Crippen molar-refractivity contribution in [1.29, 1.82) is 0 Å². The molecule has 0 radical (unpaired) electrons. The number of carbonyl (C=O) groups excluding carboxylic acids is 1. The summed E-state index contributed by atoms with van der Waals surface area (Å²) in [5.41, 5.74) is 1.95. The Morgan fingerprint density at radius 3 is 2.50 bits per heavy atom. The van der Waals surface area contributed by atoms with Gasteiger partial charge >= 0.3 is 0 Å². The van der Waals surface area contributed by atoms with Gasteiger partial charge in [0.1, 0.15) is 11.3 Å². The predicted molar refractivity (Wildman–Crippen MR) is 97.0 cm³/mol. The van der Waals surface area contributed by atoms with E-state index in [9.17, 15) is 4.79 Å². The first-order chi connectivity index (χ1) is 11.7. The number of rotatable bonds is 6. The zero-order chi connectivity index (χ0) is 16.9. The normalized spacial score (nSPS) is 13.6. The Morgan fingerprint density at radius 2 is 1.79 bits per heavy atom. The van der Waals surface area contributed by atoms with Gasteiger partial charge in [0.05, 0.1) is 5.92 Å². The van der Waals surface area contributed by atoms with Gasteiger partial charge in [-0.05, 0) is 31.0 Å². The third kappa shape index (κ3) is 3.67. The van der Waals surface area contributed by atoms with Crippen molar-refractivity contribution in [2.24, 2.45) is 0 Å². The SMILES string of the molecule is CC[C@H](C(=O)N[C@@H](C)Cc1cc2ccccc2o1)c1ccccc1. The average Bonchev–Trinajstić information content (AvgIpc) is 2.98. The van der Waals surface area contributed by atoms with Crippen molar-refractivity contribution in [2.75, 3.05) is 0 Å². The molecule has 0 fully saturated rings. The second kappa shape index (κ2) is 7.35. The fourth-order valence-corrected chi connectivity index (χ4v) is 3.09. The van der Waals surface area contributed by atoms with Crippen LogP contribution in [0.25, 0.3) is 11.0 Å². The van der Waals surface area contributed by atoms with E-state index in [1.54, 1.807) is 0 Å². The summed E-state index contributed by atoms with van der Waals surface area (Å²) in [4.78, 5) is 12.6. The summed E-state index contributed by atoms with van der Waals surface area (Å²) in [6.45, 7) is 4.06. The van der Waals surface area contributed by atoms with Crippen LogP contribution in [0.1, 0.15) is 37.5 Å². The Bertz CT molecular complexity index is 774. The molecule has 0 aliphatic heterocycles. The van der Waals surface area contributed by atoms with Crippen LogP contribution in [-0.2, 0) is 11.2 Å². The maximum absolute atomic E-state index is 12.6. The summed E-state index contributed by atoms with van der Waals surface area (Å²) in [7, 11) is 0. The number of fused-ring (bicyclic) bond motifs is 1. The molecule has 2 aromatic carbocycles. The monoisotopic (exact) mass is 321 g/mol. The Hall–Kier alpha value is -2.55. The Morgan fingerprint density at radius 1 is 1.08 bits per heavy atom. The minimum absolute atomic E-state index is 0.0239. The molecule has 24 heavy (non-hydrogen) atoms. The van der Waals surface area contributed by atoms with Gasteiger partial charge in [0, 0.05) is 17.8 Å². The second-order valence-electron chi connectivity index (χ2n) is 6.24. The van der Waals surface area contributed by atoms with E-state index >= 15 is 0 Å². The van der Waals surface area contributed by atoms with E-state index in [4.69, 9.17) is 4.42 Å². The topological polar surface area (TPSA) is 42.2 Å². The van der Waals surface area contributed by atoms with Crippen LogP contribution in [0, 0.1) is 0 Å². The molecule has 1 amide bonds. The lowest BCUT2D eigenvalue weighted by atomic mass is 9.95. The zero-order valence-corrected chi connectivity index (χ0v) is 14.2. The molecule has 1 heterocycles. The summed E-state index contributed by atoms with van der Waals surface area (Å²) >= 11 is 0. The van der Waals surface area contributed by atoms with Gasteiger partial charge in [-0.1, -0.05) is 55.5 Å². The first-order valence-corrected chi connectivity index (χ1v) is 8.50. The highest BCUT2D eigenvalue weighted by molar-refractivity contribution is 5.84. The number of para-hydroxylation sites is 1.